The van der Waals surface area contributed by atoms with Gasteiger partial charge < -0.3 is 9.88 Å². The maximum atomic E-state index is 4.02. The van der Waals surface area contributed by atoms with Gasteiger partial charge in [0.1, 0.15) is 6.16 Å². The molecule has 2 heterocycles. The average molecular weight is 259 g/mol. The summed E-state index contributed by atoms with van der Waals surface area (Å²) in [6.07, 6.45) is 8.63. The lowest BCUT2D eigenvalue weighted by molar-refractivity contribution is 0.412. The monoisotopic (exact) mass is 259 g/mol. The number of nitrogens with zero attached hydrogens (tertiary/aromatic N) is 1. The molecule has 0 bridgehead atoms. The molecular formula is C15H20N2P+. The highest BCUT2D eigenvalue weighted by Crippen LogP contribution is 2.34. The number of rotatable bonds is 3. The van der Waals surface area contributed by atoms with Gasteiger partial charge in [-0.25, -0.2) is 0 Å². The number of likely N-dealkylation sites (tertiary alicyclic amines) is 1. The topological polar surface area (TPSA) is 19.0 Å². The zero-order valence-electron chi connectivity index (χ0n) is 10.9. The van der Waals surface area contributed by atoms with E-state index in [0.717, 1.165) is 14.4 Å². The van der Waals surface area contributed by atoms with Gasteiger partial charge in [-0.15, -0.1) is 0 Å². The number of nitrogens with one attached hydrogen (secondary N) is 1. The van der Waals surface area contributed by atoms with E-state index in [1.54, 1.807) is 0 Å². The van der Waals surface area contributed by atoms with Crippen LogP contribution in [0.4, 0.5) is 0 Å². The molecule has 0 saturated carbocycles. The Balaban J connectivity index is 2.09. The van der Waals surface area contributed by atoms with E-state index in [0.29, 0.717) is 5.92 Å². The number of H-pyrrole nitrogens is 1. The van der Waals surface area contributed by atoms with Crippen LogP contribution in [0.15, 0.2) is 24.4 Å². The molecule has 18 heavy (non-hydrogen) atoms. The molecule has 1 aromatic carbocycles. The molecule has 0 amide bonds. The highest BCUT2D eigenvalue weighted by molar-refractivity contribution is 7.35. The molecule has 0 aliphatic carbocycles. The minimum atomic E-state index is 0.693. The van der Waals surface area contributed by atoms with Crippen LogP contribution in [0, 0.1) is 0 Å². The largest absolute Gasteiger partial charge is 0.361 e. The van der Waals surface area contributed by atoms with Gasteiger partial charge in [-0.05, 0) is 37.6 Å². The smallest absolute Gasteiger partial charge is 0.129 e. The summed E-state index contributed by atoms with van der Waals surface area (Å²) in [5.74, 6) is 0.693. The number of likely N-dealkylation sites (N-methyl/N-ethyl adjacent to an activating group) is 1. The Bertz CT molecular complexity index is 573. The first-order valence-corrected chi connectivity index (χ1v) is 7.98. The van der Waals surface area contributed by atoms with Crippen LogP contribution in [0.2, 0.25) is 0 Å². The number of hydrogen-bond acceptors (Lipinski definition) is 1. The van der Waals surface area contributed by atoms with Crippen LogP contribution < -0.4 is 0 Å². The molecule has 1 fully saturated rings. The Labute approximate surface area is 110 Å². The zero-order chi connectivity index (χ0) is 12.5. The van der Waals surface area contributed by atoms with Crippen molar-refractivity contribution >= 4 is 25.4 Å². The van der Waals surface area contributed by atoms with Gasteiger partial charge in [0.15, 0.2) is 0 Å². The van der Waals surface area contributed by atoms with Crippen molar-refractivity contribution in [3.8, 4) is 0 Å². The molecule has 2 atom stereocenters. The summed E-state index contributed by atoms with van der Waals surface area (Å²) in [5.41, 5.74) is 4.27. The van der Waals surface area contributed by atoms with Crippen molar-refractivity contribution in [2.45, 2.75) is 18.5 Å². The van der Waals surface area contributed by atoms with E-state index in [4.69, 9.17) is 0 Å². The second-order valence-electron chi connectivity index (χ2n) is 5.26. The van der Waals surface area contributed by atoms with E-state index in [2.05, 4.69) is 47.6 Å². The molecular weight excluding hydrogens is 239 g/mol. The summed E-state index contributed by atoms with van der Waals surface area (Å²) in [6, 6.07) is 6.60. The van der Waals surface area contributed by atoms with Gasteiger partial charge in [-0.3, -0.25) is 0 Å². The summed E-state index contributed by atoms with van der Waals surface area (Å²) >= 11 is 0. The summed E-state index contributed by atoms with van der Waals surface area (Å²) in [4.78, 5) is 5.87. The van der Waals surface area contributed by atoms with Crippen LogP contribution in [0.3, 0.4) is 0 Å². The molecule has 3 rings (SSSR count). The lowest BCUT2D eigenvalue weighted by atomic mass is 9.95. The number of aromatic amines is 1. The molecule has 2 aromatic rings. The van der Waals surface area contributed by atoms with E-state index in [1.807, 2.05) is 0 Å². The molecule has 1 saturated heterocycles. The third kappa shape index (κ3) is 2.00. The van der Waals surface area contributed by atoms with Gasteiger partial charge in [0.25, 0.3) is 0 Å². The molecule has 1 aliphatic heterocycles. The predicted molar refractivity (Wildman–Crippen MR) is 82.3 cm³/mol. The second-order valence-corrected chi connectivity index (χ2v) is 6.11. The van der Waals surface area contributed by atoms with Gasteiger partial charge in [0.2, 0.25) is 0 Å². The molecule has 94 valence electrons. The summed E-state index contributed by atoms with van der Waals surface area (Å²) < 4.78 is 0. The van der Waals surface area contributed by atoms with Crippen LogP contribution >= 0.6 is 8.20 Å². The SMILES string of the molecule is C=[PH+]Cc1cccc2[nH]cc([C@@H]3CCN(C)C3)c12. The van der Waals surface area contributed by atoms with Crippen LogP contribution in [0.25, 0.3) is 10.9 Å². The number of benzene rings is 1. The average Bonchev–Trinajstić information content (AvgIpc) is 2.96. The Hall–Kier alpha value is -1.11. The van der Waals surface area contributed by atoms with Crippen LogP contribution in [0.5, 0.6) is 0 Å². The van der Waals surface area contributed by atoms with E-state index in [9.17, 15) is 0 Å². The Kier molecular flexibility index (Phi) is 3.23. The first-order valence-electron chi connectivity index (χ1n) is 6.57. The van der Waals surface area contributed by atoms with Crippen LogP contribution in [-0.2, 0) is 6.16 Å². The van der Waals surface area contributed by atoms with Gasteiger partial charge in [0.05, 0.1) is 14.5 Å². The lowest BCUT2D eigenvalue weighted by Crippen LogP contribution is -2.13. The summed E-state index contributed by atoms with van der Waals surface area (Å²) in [5, 5.41) is 1.47. The van der Waals surface area contributed by atoms with E-state index < -0.39 is 0 Å². The molecule has 3 heteroatoms. The normalized spacial score (nSPS) is 21.1. The van der Waals surface area contributed by atoms with Crippen molar-refractivity contribution in [2.75, 3.05) is 20.1 Å². The Morgan fingerprint density at radius 3 is 3.11 bits per heavy atom. The fourth-order valence-corrected chi connectivity index (χ4v) is 3.65. The third-order valence-electron chi connectivity index (χ3n) is 3.97. The van der Waals surface area contributed by atoms with Crippen molar-refractivity contribution in [1.29, 1.82) is 0 Å². The molecule has 0 spiro atoms. The molecule has 1 aliphatic rings. The minimum Gasteiger partial charge on any atom is -0.361 e. The van der Waals surface area contributed by atoms with Gasteiger partial charge in [-0.2, -0.15) is 0 Å². The minimum absolute atomic E-state index is 0.693. The van der Waals surface area contributed by atoms with Crippen molar-refractivity contribution in [3.63, 3.8) is 0 Å². The van der Waals surface area contributed by atoms with E-state index in [1.165, 1.54) is 41.5 Å². The first-order chi connectivity index (χ1) is 8.79. The molecule has 2 nitrogen and oxygen atoms in total. The number of aromatic nitrogens is 1. The predicted octanol–water partition coefficient (Wildman–Crippen LogP) is 3.20. The number of hydrogen-bond donors (Lipinski definition) is 1. The third-order valence-corrected chi connectivity index (χ3v) is 4.60. The van der Waals surface area contributed by atoms with Crippen molar-refractivity contribution in [1.82, 2.24) is 9.88 Å². The zero-order valence-corrected chi connectivity index (χ0v) is 11.9. The van der Waals surface area contributed by atoms with Crippen molar-refractivity contribution < 1.29 is 0 Å². The van der Waals surface area contributed by atoms with Crippen LogP contribution in [-0.4, -0.2) is 36.3 Å². The van der Waals surface area contributed by atoms with Gasteiger partial charge >= 0.3 is 0 Å². The second kappa shape index (κ2) is 4.87. The van der Waals surface area contributed by atoms with E-state index in [-0.39, 0.29) is 0 Å². The number of fused-ring (bicyclic) bond motifs is 1. The Morgan fingerprint density at radius 2 is 2.39 bits per heavy atom. The van der Waals surface area contributed by atoms with Gasteiger partial charge in [-0.1, -0.05) is 12.1 Å². The quantitative estimate of drug-likeness (QED) is 0.839. The standard InChI is InChI=1S/C15H19N2P/c1-17-7-6-11(9-17)13-8-16-14-5-3-4-12(10-18-2)15(13)14/h3-5,8,11,16H,2,6-7,9-10H2,1H3/p+1/t11-/m1/s1. The highest BCUT2D eigenvalue weighted by Gasteiger charge is 2.24. The molecule has 1 unspecified atom stereocenters. The van der Waals surface area contributed by atoms with Crippen molar-refractivity contribution in [2.24, 2.45) is 0 Å². The molecule has 0 radical (unpaired) electrons. The first kappa shape index (κ1) is 12.0. The summed E-state index contributed by atoms with van der Waals surface area (Å²) in [7, 11) is 2.95. The fraction of sp³-hybridized carbons (Fsp3) is 0.400. The van der Waals surface area contributed by atoms with Gasteiger partial charge in [0, 0.05) is 29.2 Å². The maximum Gasteiger partial charge on any atom is 0.129 e. The lowest BCUT2D eigenvalue weighted by Gasteiger charge is -2.10. The van der Waals surface area contributed by atoms with Crippen LogP contribution in [0.1, 0.15) is 23.5 Å². The Morgan fingerprint density at radius 1 is 1.50 bits per heavy atom. The fourth-order valence-electron chi connectivity index (χ4n) is 3.08. The van der Waals surface area contributed by atoms with Crippen molar-refractivity contribution in [3.05, 3.63) is 35.5 Å². The molecule has 1 N–H and O–H groups in total. The maximum absolute atomic E-state index is 4.02. The molecule has 1 aromatic heterocycles. The highest BCUT2D eigenvalue weighted by atomic mass is 31.1. The summed E-state index contributed by atoms with van der Waals surface area (Å²) in [6.45, 7) is 2.41. The van der Waals surface area contributed by atoms with E-state index >= 15 is 0 Å².